The highest BCUT2D eigenvalue weighted by atomic mass is 19.1. The van der Waals surface area contributed by atoms with Crippen LogP contribution in [0.2, 0.25) is 0 Å². The number of nitrogens with zero attached hydrogens (tertiary/aromatic N) is 5. The molecule has 0 aromatic carbocycles. The second-order valence-electron chi connectivity index (χ2n) is 8.49. The van der Waals surface area contributed by atoms with Crippen molar-refractivity contribution in [2.24, 2.45) is 0 Å². The third kappa shape index (κ3) is 3.87. The van der Waals surface area contributed by atoms with E-state index in [0.29, 0.717) is 42.9 Å². The predicted molar refractivity (Wildman–Crippen MR) is 116 cm³/mol. The number of halogens is 1. The third-order valence-corrected chi connectivity index (χ3v) is 6.42. The second-order valence-corrected chi connectivity index (χ2v) is 8.49. The van der Waals surface area contributed by atoms with Gasteiger partial charge in [0.1, 0.15) is 17.3 Å². The van der Waals surface area contributed by atoms with Crippen LogP contribution in [0.5, 0.6) is 0 Å². The van der Waals surface area contributed by atoms with Crippen molar-refractivity contribution >= 4 is 17.4 Å². The zero-order valence-corrected chi connectivity index (χ0v) is 17.7. The normalized spacial score (nSPS) is 20.6. The molecule has 3 aromatic rings. The van der Waals surface area contributed by atoms with Crippen LogP contribution in [0, 0.1) is 12.7 Å². The largest absolute Gasteiger partial charge is 0.347 e. The third-order valence-electron chi connectivity index (χ3n) is 6.42. The summed E-state index contributed by atoms with van der Waals surface area (Å²) in [6.45, 7) is 4.39. The van der Waals surface area contributed by atoms with E-state index in [2.05, 4.69) is 32.3 Å². The number of anilines is 1. The number of rotatable bonds is 6. The molecule has 2 unspecified atom stereocenters. The van der Waals surface area contributed by atoms with Gasteiger partial charge < -0.3 is 15.1 Å². The van der Waals surface area contributed by atoms with Gasteiger partial charge in [-0.3, -0.25) is 9.20 Å². The molecule has 2 bridgehead atoms. The van der Waals surface area contributed by atoms with Gasteiger partial charge in [-0.25, -0.2) is 14.4 Å². The van der Waals surface area contributed by atoms with Crippen LogP contribution in [-0.4, -0.2) is 56.9 Å². The minimum atomic E-state index is -0.276. The quantitative estimate of drug-likeness (QED) is 0.619. The van der Waals surface area contributed by atoms with Crippen molar-refractivity contribution < 1.29 is 9.18 Å². The molecule has 2 aliphatic rings. The SMILES string of the molecule is Cc1ccc(N2C3CCC2CN(C(=O)CCNCc2c(F)ccc4nccn24)C3)nc1. The summed E-state index contributed by atoms with van der Waals surface area (Å²) < 4.78 is 15.9. The molecule has 3 aromatic heterocycles. The number of amides is 1. The van der Waals surface area contributed by atoms with Crippen molar-refractivity contribution in [1.82, 2.24) is 24.6 Å². The summed E-state index contributed by atoms with van der Waals surface area (Å²) in [7, 11) is 0. The van der Waals surface area contributed by atoms with E-state index in [0.717, 1.165) is 37.3 Å². The van der Waals surface area contributed by atoms with Gasteiger partial charge in [-0.15, -0.1) is 0 Å². The summed E-state index contributed by atoms with van der Waals surface area (Å²) in [5.41, 5.74) is 2.40. The van der Waals surface area contributed by atoms with E-state index < -0.39 is 0 Å². The van der Waals surface area contributed by atoms with E-state index in [1.54, 1.807) is 22.9 Å². The van der Waals surface area contributed by atoms with Gasteiger partial charge in [0.25, 0.3) is 0 Å². The van der Waals surface area contributed by atoms with Crippen molar-refractivity contribution in [3.63, 3.8) is 0 Å². The highest BCUT2D eigenvalue weighted by Gasteiger charge is 2.41. The van der Waals surface area contributed by atoms with Gasteiger partial charge in [0.15, 0.2) is 0 Å². The first-order valence-corrected chi connectivity index (χ1v) is 10.9. The molecule has 7 nitrogen and oxygen atoms in total. The first-order chi connectivity index (χ1) is 15.1. The maximum atomic E-state index is 14.2. The first kappa shape index (κ1) is 19.9. The number of hydrogen-bond acceptors (Lipinski definition) is 5. The lowest BCUT2D eigenvalue weighted by atomic mass is 10.1. The smallest absolute Gasteiger partial charge is 0.223 e. The van der Waals surface area contributed by atoms with Crippen LogP contribution in [-0.2, 0) is 11.3 Å². The Morgan fingerprint density at radius 2 is 1.97 bits per heavy atom. The molecule has 2 atom stereocenters. The second kappa shape index (κ2) is 8.26. The van der Waals surface area contributed by atoms with E-state index in [1.165, 1.54) is 6.07 Å². The lowest BCUT2D eigenvalue weighted by Gasteiger charge is -2.42. The van der Waals surface area contributed by atoms with E-state index >= 15 is 0 Å². The Bertz CT molecular complexity index is 1070. The summed E-state index contributed by atoms with van der Waals surface area (Å²) >= 11 is 0. The lowest BCUT2D eigenvalue weighted by Crippen LogP contribution is -2.56. The molecule has 2 fully saturated rings. The van der Waals surface area contributed by atoms with E-state index in [9.17, 15) is 9.18 Å². The van der Waals surface area contributed by atoms with Gasteiger partial charge in [0.2, 0.25) is 5.91 Å². The molecule has 0 saturated carbocycles. The van der Waals surface area contributed by atoms with Crippen molar-refractivity contribution in [3.05, 3.63) is 59.9 Å². The molecule has 2 aliphatic heterocycles. The summed E-state index contributed by atoms with van der Waals surface area (Å²) in [6, 6.07) is 7.93. The number of imidazole rings is 1. The highest BCUT2D eigenvalue weighted by molar-refractivity contribution is 5.77. The topological polar surface area (TPSA) is 65.8 Å². The lowest BCUT2D eigenvalue weighted by molar-refractivity contribution is -0.132. The highest BCUT2D eigenvalue weighted by Crippen LogP contribution is 2.34. The summed E-state index contributed by atoms with van der Waals surface area (Å²) in [6.07, 6.45) is 7.91. The number of nitrogens with one attached hydrogen (secondary N) is 1. The van der Waals surface area contributed by atoms with Gasteiger partial charge in [0.05, 0.1) is 5.69 Å². The predicted octanol–water partition coefficient (Wildman–Crippen LogP) is 2.54. The molecule has 0 aliphatic carbocycles. The van der Waals surface area contributed by atoms with Crippen molar-refractivity contribution in [3.8, 4) is 0 Å². The van der Waals surface area contributed by atoms with Crippen LogP contribution in [0.25, 0.3) is 5.65 Å². The Balaban J connectivity index is 1.15. The fraction of sp³-hybridized carbons (Fsp3) is 0.435. The summed E-state index contributed by atoms with van der Waals surface area (Å²) in [5, 5.41) is 3.22. The molecule has 5 rings (SSSR count). The standard InChI is InChI=1S/C23H27FN6O/c1-16-2-6-22(27-12-16)30-17-3-4-18(30)15-28(14-17)23(31)8-9-25-13-20-19(24)5-7-21-26-10-11-29(20)21/h2,5-7,10-12,17-18,25H,3-4,8-9,13-15H2,1H3. The van der Waals surface area contributed by atoms with Crippen molar-refractivity contribution in [1.29, 1.82) is 0 Å². The van der Waals surface area contributed by atoms with Gasteiger partial charge >= 0.3 is 0 Å². The van der Waals surface area contributed by atoms with Crippen LogP contribution >= 0.6 is 0 Å². The summed E-state index contributed by atoms with van der Waals surface area (Å²) in [5.74, 6) is 0.895. The molecule has 2 saturated heterocycles. The molecule has 5 heterocycles. The Morgan fingerprint density at radius 1 is 1.16 bits per heavy atom. The fourth-order valence-corrected chi connectivity index (χ4v) is 4.85. The van der Waals surface area contributed by atoms with Crippen molar-refractivity contribution in [2.45, 2.75) is 44.8 Å². The number of carbonyl (C=O) groups is 1. The van der Waals surface area contributed by atoms with E-state index in [1.807, 2.05) is 18.0 Å². The molecule has 0 radical (unpaired) electrons. The summed E-state index contributed by atoms with van der Waals surface area (Å²) in [4.78, 5) is 26.0. The first-order valence-electron chi connectivity index (χ1n) is 10.9. The minimum Gasteiger partial charge on any atom is -0.347 e. The van der Waals surface area contributed by atoms with Crippen LogP contribution in [0.4, 0.5) is 10.2 Å². The molecule has 31 heavy (non-hydrogen) atoms. The Labute approximate surface area is 180 Å². The number of fused-ring (bicyclic) bond motifs is 3. The molecule has 8 heteroatoms. The number of aryl methyl sites for hydroxylation is 1. The number of hydrogen-bond donors (Lipinski definition) is 1. The average molecular weight is 423 g/mol. The Hall–Kier alpha value is -3.00. The molecular weight excluding hydrogens is 395 g/mol. The van der Waals surface area contributed by atoms with Crippen molar-refractivity contribution in [2.75, 3.05) is 24.5 Å². The zero-order valence-electron chi connectivity index (χ0n) is 17.7. The Morgan fingerprint density at radius 3 is 2.71 bits per heavy atom. The maximum absolute atomic E-state index is 14.2. The molecule has 1 amide bonds. The Kier molecular flexibility index (Phi) is 5.31. The maximum Gasteiger partial charge on any atom is 0.223 e. The number of pyridine rings is 2. The van der Waals surface area contributed by atoms with Crippen LogP contribution < -0.4 is 10.2 Å². The average Bonchev–Trinajstić information content (AvgIpc) is 3.34. The molecular formula is C23H27FN6O. The van der Waals surface area contributed by atoms with Gasteiger partial charge in [-0.2, -0.15) is 0 Å². The van der Waals surface area contributed by atoms with Crippen LogP contribution in [0.1, 0.15) is 30.5 Å². The number of carbonyl (C=O) groups excluding carboxylic acids is 1. The van der Waals surface area contributed by atoms with Gasteiger partial charge in [-0.1, -0.05) is 6.07 Å². The minimum absolute atomic E-state index is 0.155. The van der Waals surface area contributed by atoms with Gasteiger partial charge in [-0.05, 0) is 43.5 Å². The van der Waals surface area contributed by atoms with Gasteiger partial charge in [0, 0.05) is 63.3 Å². The van der Waals surface area contributed by atoms with E-state index in [4.69, 9.17) is 0 Å². The monoisotopic (exact) mass is 422 g/mol. The number of likely N-dealkylation sites (tertiary alicyclic amines) is 1. The number of aromatic nitrogens is 3. The molecule has 1 N–H and O–H groups in total. The van der Waals surface area contributed by atoms with E-state index in [-0.39, 0.29) is 11.7 Å². The molecule has 162 valence electrons. The van der Waals surface area contributed by atoms with Crippen LogP contribution in [0.3, 0.4) is 0 Å². The van der Waals surface area contributed by atoms with Crippen LogP contribution in [0.15, 0.2) is 42.9 Å². The molecule has 0 spiro atoms. The zero-order chi connectivity index (χ0) is 21.4. The fourth-order valence-electron chi connectivity index (χ4n) is 4.85. The number of piperazine rings is 1.